The zero-order valence-corrected chi connectivity index (χ0v) is 5.37. The molecule has 0 fully saturated rings. The highest BCUT2D eigenvalue weighted by molar-refractivity contribution is 5.73. The minimum Gasteiger partial charge on any atom is -0.270 e. The molecule has 54 valence electrons. The molecule has 0 bridgehead atoms. The Hall–Kier alpha value is -0.610. The van der Waals surface area contributed by atoms with Crippen molar-refractivity contribution >= 4 is 5.91 Å². The van der Waals surface area contributed by atoms with Crippen LogP contribution in [0, 0.1) is 0 Å². The molecular weight excluding hydrogens is 122 g/mol. The molecule has 0 rings (SSSR count). The second-order valence-electron chi connectivity index (χ2n) is 1.79. The monoisotopic (exact) mass is 133 g/mol. The molecule has 4 nitrogen and oxygen atoms in total. The van der Waals surface area contributed by atoms with Gasteiger partial charge in [-0.05, 0) is 6.42 Å². The summed E-state index contributed by atoms with van der Waals surface area (Å²) in [7, 11) is 0. The van der Waals surface area contributed by atoms with Gasteiger partial charge in [0.2, 0.25) is 0 Å². The van der Waals surface area contributed by atoms with E-state index in [0.717, 1.165) is 6.42 Å². The van der Waals surface area contributed by atoms with Crippen LogP contribution in [0.1, 0.15) is 26.2 Å². The Kier molecular flexibility index (Phi) is 4.00. The minimum absolute atomic E-state index is 0.198. The van der Waals surface area contributed by atoms with Crippen molar-refractivity contribution in [2.45, 2.75) is 26.2 Å². The van der Waals surface area contributed by atoms with Crippen LogP contribution in [0.2, 0.25) is 0 Å². The molecule has 0 heterocycles. The first-order chi connectivity index (χ1) is 4.18. The predicted molar refractivity (Wildman–Crippen MR) is 29.9 cm³/mol. The Morgan fingerprint density at radius 1 is 1.56 bits per heavy atom. The third-order valence-corrected chi connectivity index (χ3v) is 0.967. The van der Waals surface area contributed by atoms with Gasteiger partial charge in [0.1, 0.15) is 0 Å². The maximum Gasteiger partial charge on any atom is 0.273 e. The molecule has 0 aliphatic heterocycles. The van der Waals surface area contributed by atoms with Crippen molar-refractivity contribution in [1.29, 1.82) is 0 Å². The summed E-state index contributed by atoms with van der Waals surface area (Å²) in [5.74, 6) is -0.656. The SMILES string of the molecule is CCCCC(=O)N(O)O. The van der Waals surface area contributed by atoms with Crippen LogP contribution in [0.15, 0.2) is 0 Å². The number of unbranched alkanes of at least 4 members (excludes halogenated alkanes) is 1. The summed E-state index contributed by atoms with van der Waals surface area (Å²) >= 11 is 0. The number of carbonyl (C=O) groups is 1. The maximum absolute atomic E-state index is 10.3. The minimum atomic E-state index is -0.656. The Morgan fingerprint density at radius 2 is 2.11 bits per heavy atom. The van der Waals surface area contributed by atoms with Crippen molar-refractivity contribution in [1.82, 2.24) is 5.23 Å². The first kappa shape index (κ1) is 8.39. The molecule has 0 aromatic rings. The molecule has 0 aliphatic rings. The van der Waals surface area contributed by atoms with Crippen molar-refractivity contribution in [3.8, 4) is 0 Å². The van der Waals surface area contributed by atoms with Gasteiger partial charge < -0.3 is 0 Å². The van der Waals surface area contributed by atoms with Gasteiger partial charge in [-0.15, -0.1) is 0 Å². The molecule has 2 N–H and O–H groups in total. The number of hydrogen-bond donors (Lipinski definition) is 2. The third-order valence-electron chi connectivity index (χ3n) is 0.967. The normalized spacial score (nSPS) is 9.22. The fourth-order valence-electron chi connectivity index (χ4n) is 0.428. The number of carbonyl (C=O) groups excluding carboxylic acids is 1. The van der Waals surface area contributed by atoms with Crippen LogP contribution in [0.25, 0.3) is 0 Å². The van der Waals surface area contributed by atoms with E-state index in [0.29, 0.717) is 6.42 Å². The second kappa shape index (κ2) is 4.29. The summed E-state index contributed by atoms with van der Waals surface area (Å²) in [5, 5.41) is 15.8. The highest BCUT2D eigenvalue weighted by atomic mass is 16.8. The topological polar surface area (TPSA) is 60.8 Å². The van der Waals surface area contributed by atoms with Crippen LogP contribution in [-0.2, 0) is 4.79 Å². The average Bonchev–Trinajstić information content (AvgIpc) is 1.82. The van der Waals surface area contributed by atoms with Gasteiger partial charge in [-0.1, -0.05) is 18.6 Å². The van der Waals surface area contributed by atoms with E-state index in [4.69, 9.17) is 10.4 Å². The summed E-state index contributed by atoms with van der Waals surface area (Å²) in [6.45, 7) is 1.92. The van der Waals surface area contributed by atoms with Gasteiger partial charge in [-0.2, -0.15) is 0 Å². The molecule has 0 spiro atoms. The van der Waals surface area contributed by atoms with Crippen LogP contribution >= 0.6 is 0 Å². The lowest BCUT2D eigenvalue weighted by molar-refractivity contribution is -0.285. The molecule has 9 heavy (non-hydrogen) atoms. The highest BCUT2D eigenvalue weighted by Gasteiger charge is 2.04. The van der Waals surface area contributed by atoms with Gasteiger partial charge >= 0.3 is 0 Å². The molecular formula is C5H11NO3. The standard InChI is InChI=1S/C5H11NO3/c1-2-3-4-5(7)6(8)9/h8-9H,2-4H2,1H3. The fourth-order valence-corrected chi connectivity index (χ4v) is 0.428. The zero-order valence-electron chi connectivity index (χ0n) is 5.37. The van der Waals surface area contributed by atoms with Gasteiger partial charge in [-0.3, -0.25) is 15.2 Å². The lowest BCUT2D eigenvalue weighted by Crippen LogP contribution is -2.22. The van der Waals surface area contributed by atoms with Crippen LogP contribution in [0.4, 0.5) is 0 Å². The van der Waals surface area contributed by atoms with Crippen LogP contribution < -0.4 is 0 Å². The Morgan fingerprint density at radius 3 is 2.44 bits per heavy atom. The highest BCUT2D eigenvalue weighted by Crippen LogP contribution is 1.95. The quantitative estimate of drug-likeness (QED) is 0.442. The first-order valence-corrected chi connectivity index (χ1v) is 2.89. The fraction of sp³-hybridized carbons (Fsp3) is 0.800. The van der Waals surface area contributed by atoms with E-state index in [9.17, 15) is 4.79 Å². The number of nitrogens with zero attached hydrogens (tertiary/aromatic N) is 1. The smallest absolute Gasteiger partial charge is 0.270 e. The van der Waals surface area contributed by atoms with Crippen LogP contribution in [-0.4, -0.2) is 21.5 Å². The van der Waals surface area contributed by atoms with E-state index in [-0.39, 0.29) is 11.6 Å². The molecule has 0 unspecified atom stereocenters. The van der Waals surface area contributed by atoms with Crippen molar-refractivity contribution in [2.75, 3.05) is 0 Å². The average molecular weight is 133 g/mol. The molecule has 0 atom stereocenters. The van der Waals surface area contributed by atoms with Crippen LogP contribution in [0.5, 0.6) is 0 Å². The van der Waals surface area contributed by atoms with Gasteiger partial charge in [0.25, 0.3) is 5.91 Å². The first-order valence-electron chi connectivity index (χ1n) is 2.89. The molecule has 0 radical (unpaired) electrons. The molecule has 0 aromatic carbocycles. The molecule has 0 saturated carbocycles. The van der Waals surface area contributed by atoms with Crippen molar-refractivity contribution in [3.63, 3.8) is 0 Å². The molecule has 1 amide bonds. The van der Waals surface area contributed by atoms with Gasteiger partial charge in [0, 0.05) is 6.42 Å². The van der Waals surface area contributed by atoms with E-state index in [1.165, 1.54) is 0 Å². The largest absolute Gasteiger partial charge is 0.273 e. The lowest BCUT2D eigenvalue weighted by Gasteiger charge is -2.03. The third kappa shape index (κ3) is 3.93. The van der Waals surface area contributed by atoms with E-state index < -0.39 is 5.91 Å². The summed E-state index contributed by atoms with van der Waals surface area (Å²) in [5.41, 5.74) is 0. The van der Waals surface area contributed by atoms with Gasteiger partial charge in [0.15, 0.2) is 0 Å². The molecule has 0 aliphatic carbocycles. The number of amides is 1. The summed E-state index contributed by atoms with van der Waals surface area (Å²) in [4.78, 5) is 10.3. The van der Waals surface area contributed by atoms with Gasteiger partial charge in [0.05, 0.1) is 0 Å². The van der Waals surface area contributed by atoms with E-state index in [1.54, 1.807) is 0 Å². The number of rotatable bonds is 3. The van der Waals surface area contributed by atoms with E-state index in [1.807, 2.05) is 6.92 Å². The molecule has 4 heteroatoms. The van der Waals surface area contributed by atoms with Crippen molar-refractivity contribution in [3.05, 3.63) is 0 Å². The molecule has 0 aromatic heterocycles. The van der Waals surface area contributed by atoms with Crippen molar-refractivity contribution < 1.29 is 15.2 Å². The maximum atomic E-state index is 10.3. The summed E-state index contributed by atoms with van der Waals surface area (Å²) in [6.07, 6.45) is 1.76. The Labute approximate surface area is 53.6 Å². The van der Waals surface area contributed by atoms with E-state index >= 15 is 0 Å². The number of hydroxylamine groups is 2. The Bertz CT molecular complexity index is 92.2. The number of hydrogen-bond acceptors (Lipinski definition) is 3. The lowest BCUT2D eigenvalue weighted by atomic mass is 10.2. The summed E-state index contributed by atoms with van der Waals surface area (Å²) in [6, 6.07) is 0. The van der Waals surface area contributed by atoms with E-state index in [2.05, 4.69) is 0 Å². The Balaban J connectivity index is 3.28. The van der Waals surface area contributed by atoms with Crippen molar-refractivity contribution in [2.24, 2.45) is 0 Å². The zero-order chi connectivity index (χ0) is 7.28. The van der Waals surface area contributed by atoms with Crippen LogP contribution in [0.3, 0.4) is 0 Å². The molecule has 0 saturated heterocycles. The summed E-state index contributed by atoms with van der Waals surface area (Å²) < 4.78 is 0. The second-order valence-corrected chi connectivity index (χ2v) is 1.79. The predicted octanol–water partition coefficient (Wildman–Crippen LogP) is 0.784. The van der Waals surface area contributed by atoms with Gasteiger partial charge in [-0.25, -0.2) is 0 Å².